The maximum atomic E-state index is 12.3. The minimum absolute atomic E-state index is 0.115. The van der Waals surface area contributed by atoms with Gasteiger partial charge in [0.15, 0.2) is 5.78 Å². The summed E-state index contributed by atoms with van der Waals surface area (Å²) in [6, 6.07) is 8.66. The molecule has 1 aliphatic rings. The molecule has 1 N–H and O–H groups in total. The summed E-state index contributed by atoms with van der Waals surface area (Å²) in [5.74, 6) is -5.57. The first-order valence-electron chi connectivity index (χ1n) is 7.83. The molecule has 3 atom stereocenters. The van der Waals surface area contributed by atoms with E-state index in [0.717, 1.165) is 6.08 Å². The summed E-state index contributed by atoms with van der Waals surface area (Å²) in [4.78, 5) is 37.0. The number of allylic oxidation sites excluding steroid dienone is 1. The van der Waals surface area contributed by atoms with Crippen molar-refractivity contribution in [3.05, 3.63) is 47.7 Å². The lowest BCUT2D eigenvalue weighted by molar-refractivity contribution is -0.156. The zero-order valence-electron chi connectivity index (χ0n) is 13.6. The Kier molecular flexibility index (Phi) is 5.73. The van der Waals surface area contributed by atoms with Gasteiger partial charge in [0, 0.05) is 12.0 Å². The van der Waals surface area contributed by atoms with Crippen molar-refractivity contribution in [1.82, 2.24) is 0 Å². The third-order valence-corrected chi connectivity index (χ3v) is 3.90. The van der Waals surface area contributed by atoms with Crippen LogP contribution in [0.2, 0.25) is 0 Å². The van der Waals surface area contributed by atoms with Crippen molar-refractivity contribution in [3.63, 3.8) is 0 Å². The molecular formula is C18H20O6. The van der Waals surface area contributed by atoms with Gasteiger partial charge in [-0.3, -0.25) is 14.4 Å². The summed E-state index contributed by atoms with van der Waals surface area (Å²) in [5.41, 5.74) is 0.585. The van der Waals surface area contributed by atoms with Crippen molar-refractivity contribution >= 4 is 17.7 Å². The average molecular weight is 332 g/mol. The molecule has 0 radical (unpaired) electrons. The third-order valence-electron chi connectivity index (χ3n) is 3.90. The Labute approximate surface area is 140 Å². The van der Waals surface area contributed by atoms with E-state index in [2.05, 4.69) is 0 Å². The van der Waals surface area contributed by atoms with Crippen LogP contribution in [-0.2, 0) is 23.9 Å². The van der Waals surface area contributed by atoms with E-state index in [9.17, 15) is 19.5 Å². The highest BCUT2D eigenvalue weighted by Crippen LogP contribution is 2.41. The Morgan fingerprint density at radius 3 is 2.08 bits per heavy atom. The SMILES string of the molecule is CCOC(=O)[C@@H]1C(O)=CC(=O)[C@@H](C(=O)OCC)[C@@H]1c1ccccc1. The molecule has 6 heteroatoms. The van der Waals surface area contributed by atoms with Gasteiger partial charge in [-0.1, -0.05) is 30.3 Å². The molecule has 0 aromatic heterocycles. The molecule has 0 saturated carbocycles. The molecule has 1 aliphatic carbocycles. The van der Waals surface area contributed by atoms with Crippen molar-refractivity contribution in [2.75, 3.05) is 13.2 Å². The number of hydrogen-bond acceptors (Lipinski definition) is 6. The monoisotopic (exact) mass is 332 g/mol. The van der Waals surface area contributed by atoms with Crippen LogP contribution in [0.4, 0.5) is 0 Å². The first kappa shape index (κ1) is 17.7. The Morgan fingerprint density at radius 1 is 1.00 bits per heavy atom. The average Bonchev–Trinajstić information content (AvgIpc) is 2.55. The van der Waals surface area contributed by atoms with Crippen LogP contribution in [0.15, 0.2) is 42.2 Å². The molecule has 1 aromatic carbocycles. The molecule has 24 heavy (non-hydrogen) atoms. The predicted octanol–water partition coefficient (Wildman–Crippen LogP) is 2.15. The Morgan fingerprint density at radius 2 is 1.54 bits per heavy atom. The van der Waals surface area contributed by atoms with Crippen molar-refractivity contribution in [2.45, 2.75) is 19.8 Å². The summed E-state index contributed by atoms with van der Waals surface area (Å²) < 4.78 is 10.0. The van der Waals surface area contributed by atoms with Crippen LogP contribution in [0, 0.1) is 11.8 Å². The van der Waals surface area contributed by atoms with E-state index in [1.807, 2.05) is 0 Å². The molecule has 0 heterocycles. The molecule has 0 bridgehead atoms. The van der Waals surface area contributed by atoms with Crippen LogP contribution in [-0.4, -0.2) is 36.0 Å². The smallest absolute Gasteiger partial charge is 0.317 e. The van der Waals surface area contributed by atoms with E-state index in [4.69, 9.17) is 9.47 Å². The van der Waals surface area contributed by atoms with Gasteiger partial charge in [-0.15, -0.1) is 0 Å². The van der Waals surface area contributed by atoms with Crippen molar-refractivity contribution < 1.29 is 29.0 Å². The van der Waals surface area contributed by atoms with Gasteiger partial charge < -0.3 is 14.6 Å². The number of hydrogen-bond donors (Lipinski definition) is 1. The summed E-state index contributed by atoms with van der Waals surface area (Å²) in [6.45, 7) is 3.53. The highest BCUT2D eigenvalue weighted by Gasteiger charge is 2.49. The minimum atomic E-state index is -1.20. The molecule has 0 saturated heterocycles. The molecule has 1 aromatic rings. The number of carbonyl (C=O) groups is 3. The van der Waals surface area contributed by atoms with Gasteiger partial charge in [-0.25, -0.2) is 0 Å². The van der Waals surface area contributed by atoms with Crippen molar-refractivity contribution in [3.8, 4) is 0 Å². The second kappa shape index (κ2) is 7.77. The lowest BCUT2D eigenvalue weighted by Gasteiger charge is -2.33. The van der Waals surface area contributed by atoms with Crippen molar-refractivity contribution in [1.29, 1.82) is 0 Å². The van der Waals surface area contributed by atoms with E-state index in [1.54, 1.807) is 44.2 Å². The summed E-state index contributed by atoms with van der Waals surface area (Å²) in [7, 11) is 0. The van der Waals surface area contributed by atoms with Gasteiger partial charge in [0.25, 0.3) is 0 Å². The maximum absolute atomic E-state index is 12.3. The van der Waals surface area contributed by atoms with Gasteiger partial charge >= 0.3 is 11.9 Å². The largest absolute Gasteiger partial charge is 0.511 e. The molecule has 128 valence electrons. The number of aliphatic hydroxyl groups excluding tert-OH is 1. The van der Waals surface area contributed by atoms with Gasteiger partial charge in [-0.2, -0.15) is 0 Å². The van der Waals surface area contributed by atoms with E-state index in [-0.39, 0.29) is 13.2 Å². The second-order valence-electron chi connectivity index (χ2n) is 5.37. The van der Waals surface area contributed by atoms with E-state index >= 15 is 0 Å². The molecular weight excluding hydrogens is 312 g/mol. The molecule has 0 unspecified atom stereocenters. The van der Waals surface area contributed by atoms with Crippen LogP contribution in [0.5, 0.6) is 0 Å². The molecule has 0 aliphatic heterocycles. The normalized spacial score (nSPS) is 23.3. The van der Waals surface area contributed by atoms with Crippen LogP contribution in [0.3, 0.4) is 0 Å². The van der Waals surface area contributed by atoms with Gasteiger partial charge in [-0.05, 0) is 19.4 Å². The zero-order valence-corrected chi connectivity index (χ0v) is 13.6. The van der Waals surface area contributed by atoms with Crippen LogP contribution in [0.1, 0.15) is 25.3 Å². The Hall–Kier alpha value is -2.63. The summed E-state index contributed by atoms with van der Waals surface area (Å²) in [6.07, 6.45) is 0.919. The summed E-state index contributed by atoms with van der Waals surface area (Å²) in [5, 5.41) is 10.2. The number of esters is 2. The number of benzene rings is 1. The number of carbonyl (C=O) groups excluding carboxylic acids is 3. The zero-order chi connectivity index (χ0) is 17.7. The van der Waals surface area contributed by atoms with Crippen molar-refractivity contribution in [2.24, 2.45) is 11.8 Å². The first-order chi connectivity index (χ1) is 11.5. The van der Waals surface area contributed by atoms with E-state index in [1.165, 1.54) is 0 Å². The quantitative estimate of drug-likeness (QED) is 0.656. The molecule has 2 rings (SSSR count). The molecule has 6 nitrogen and oxygen atoms in total. The molecule has 0 fully saturated rings. The maximum Gasteiger partial charge on any atom is 0.317 e. The van der Waals surface area contributed by atoms with Gasteiger partial charge in [0.05, 0.1) is 13.2 Å². The van der Waals surface area contributed by atoms with Crippen LogP contribution >= 0.6 is 0 Å². The Bertz CT molecular complexity index is 649. The van der Waals surface area contributed by atoms with E-state index in [0.29, 0.717) is 5.56 Å². The predicted molar refractivity (Wildman–Crippen MR) is 85.1 cm³/mol. The third kappa shape index (κ3) is 3.48. The summed E-state index contributed by atoms with van der Waals surface area (Å²) >= 11 is 0. The topological polar surface area (TPSA) is 89.9 Å². The first-order valence-corrected chi connectivity index (χ1v) is 7.83. The number of ketones is 1. The van der Waals surface area contributed by atoms with Crippen LogP contribution < -0.4 is 0 Å². The standard InChI is InChI=1S/C18H20O6/c1-3-23-17(21)15-12(19)10-13(20)16(18(22)24-4-2)14(15)11-8-6-5-7-9-11/h5-10,14-16,19H,3-4H2,1-2H3/t14-,15-,16-/m1/s1. The molecule has 0 amide bonds. The fourth-order valence-corrected chi connectivity index (χ4v) is 2.93. The fourth-order valence-electron chi connectivity index (χ4n) is 2.93. The fraction of sp³-hybridized carbons (Fsp3) is 0.389. The minimum Gasteiger partial charge on any atom is -0.511 e. The highest BCUT2D eigenvalue weighted by atomic mass is 16.5. The highest BCUT2D eigenvalue weighted by molar-refractivity contribution is 6.08. The Balaban J connectivity index is 2.54. The number of rotatable bonds is 5. The second-order valence-corrected chi connectivity index (χ2v) is 5.37. The lowest BCUT2D eigenvalue weighted by Crippen LogP contribution is -2.42. The van der Waals surface area contributed by atoms with E-state index < -0.39 is 41.2 Å². The lowest BCUT2D eigenvalue weighted by atomic mass is 9.70. The van der Waals surface area contributed by atoms with Gasteiger partial charge in [0.1, 0.15) is 17.6 Å². The van der Waals surface area contributed by atoms with Crippen LogP contribution in [0.25, 0.3) is 0 Å². The number of aliphatic hydroxyl groups is 1. The molecule has 0 spiro atoms. The number of ether oxygens (including phenoxy) is 2. The van der Waals surface area contributed by atoms with Gasteiger partial charge in [0.2, 0.25) is 0 Å².